The second-order valence-electron chi connectivity index (χ2n) is 13.3. The fourth-order valence-electron chi connectivity index (χ4n) is 9.74. The quantitative estimate of drug-likeness (QED) is 0.477. The minimum atomic E-state index is -0.631. The van der Waals surface area contributed by atoms with E-state index in [1.54, 1.807) is 5.57 Å². The first kappa shape index (κ1) is 23.9. The Bertz CT molecular complexity index is 794. The lowest BCUT2D eigenvalue weighted by molar-refractivity contribution is -0.138. The first-order valence-corrected chi connectivity index (χ1v) is 13.9. The zero-order chi connectivity index (χ0) is 23.5. The SMILES string of the molecule is CC(CN)CCC1O[C@H]2C[C@H]3[C@@H]4CC=C5CC(CC(=O)O)CC[C@]5(C)[C@H]4CC[C@]3(C)[C@H]2[C@@H]1C. The molecule has 0 aromatic heterocycles. The van der Waals surface area contributed by atoms with Crippen molar-refractivity contribution in [2.75, 3.05) is 6.54 Å². The van der Waals surface area contributed by atoms with Crippen LogP contribution in [0.2, 0.25) is 0 Å². The van der Waals surface area contributed by atoms with E-state index >= 15 is 0 Å². The van der Waals surface area contributed by atoms with E-state index in [0.29, 0.717) is 53.1 Å². The number of fused-ring (bicyclic) bond motifs is 7. The van der Waals surface area contributed by atoms with E-state index in [-0.39, 0.29) is 0 Å². The standard InChI is InChI=1S/C29H47NO3/c1-17(16-30)5-8-24-18(2)27-25(33-24)15-23-21-7-6-20-13-19(14-26(31)32)9-11-28(20,3)22(21)10-12-29(23,27)4/h6,17-19,21-25,27H,5,7-16,30H2,1-4H3,(H,31,32)/t17?,18-,19?,21-,22+,23+,24?,25+,27+,28+,29+/m1/s1. The molecule has 4 nitrogen and oxygen atoms in total. The highest BCUT2D eigenvalue weighted by Gasteiger charge is 2.64. The molecule has 0 aromatic rings. The number of rotatable bonds is 6. The van der Waals surface area contributed by atoms with Crippen LogP contribution in [-0.2, 0) is 9.53 Å². The molecule has 33 heavy (non-hydrogen) atoms. The number of nitrogens with two attached hydrogens (primary N) is 1. The van der Waals surface area contributed by atoms with Crippen LogP contribution in [0.1, 0.15) is 91.9 Å². The number of carbonyl (C=O) groups is 1. The summed E-state index contributed by atoms with van der Waals surface area (Å²) in [6.45, 7) is 10.7. The molecule has 186 valence electrons. The lowest BCUT2D eigenvalue weighted by atomic mass is 9.46. The summed E-state index contributed by atoms with van der Waals surface area (Å²) in [6, 6.07) is 0. The zero-order valence-electron chi connectivity index (χ0n) is 21.4. The molecule has 5 rings (SSSR count). The molecule has 0 spiro atoms. The molecule has 5 aliphatic rings. The second kappa shape index (κ2) is 8.66. The third-order valence-electron chi connectivity index (χ3n) is 11.6. The average Bonchev–Trinajstić information content (AvgIpc) is 3.25. The van der Waals surface area contributed by atoms with Crippen molar-refractivity contribution in [3.63, 3.8) is 0 Å². The van der Waals surface area contributed by atoms with Gasteiger partial charge in [-0.15, -0.1) is 0 Å². The summed E-state index contributed by atoms with van der Waals surface area (Å²) >= 11 is 0. The maximum atomic E-state index is 11.3. The van der Waals surface area contributed by atoms with E-state index in [0.717, 1.165) is 37.1 Å². The zero-order valence-corrected chi connectivity index (χ0v) is 21.4. The second-order valence-corrected chi connectivity index (χ2v) is 13.3. The van der Waals surface area contributed by atoms with Crippen LogP contribution in [0.3, 0.4) is 0 Å². The van der Waals surface area contributed by atoms with Gasteiger partial charge < -0.3 is 15.6 Å². The molecule has 1 aliphatic heterocycles. The molecular weight excluding hydrogens is 410 g/mol. The Balaban J connectivity index is 1.31. The van der Waals surface area contributed by atoms with Gasteiger partial charge in [-0.2, -0.15) is 0 Å². The van der Waals surface area contributed by atoms with Crippen molar-refractivity contribution >= 4 is 5.97 Å². The van der Waals surface area contributed by atoms with E-state index in [4.69, 9.17) is 10.5 Å². The van der Waals surface area contributed by atoms with Gasteiger partial charge in [-0.3, -0.25) is 4.79 Å². The fourth-order valence-corrected chi connectivity index (χ4v) is 9.74. The monoisotopic (exact) mass is 457 g/mol. The lowest BCUT2D eigenvalue weighted by Gasteiger charge is -2.58. The molecule has 0 bridgehead atoms. The average molecular weight is 458 g/mol. The van der Waals surface area contributed by atoms with Crippen molar-refractivity contribution in [1.29, 1.82) is 0 Å². The Morgan fingerprint density at radius 1 is 1.27 bits per heavy atom. The smallest absolute Gasteiger partial charge is 0.303 e. The topological polar surface area (TPSA) is 72.5 Å². The largest absolute Gasteiger partial charge is 0.481 e. The van der Waals surface area contributed by atoms with Crippen molar-refractivity contribution in [3.8, 4) is 0 Å². The number of carboxylic acids is 1. The van der Waals surface area contributed by atoms with Crippen LogP contribution in [0.15, 0.2) is 11.6 Å². The Hall–Kier alpha value is -0.870. The Morgan fingerprint density at radius 3 is 2.79 bits per heavy atom. The Kier molecular flexibility index (Phi) is 6.26. The van der Waals surface area contributed by atoms with Crippen LogP contribution >= 0.6 is 0 Å². The van der Waals surface area contributed by atoms with Crippen LogP contribution in [-0.4, -0.2) is 29.8 Å². The van der Waals surface area contributed by atoms with Crippen molar-refractivity contribution < 1.29 is 14.6 Å². The number of ether oxygens (including phenoxy) is 1. The van der Waals surface area contributed by atoms with Crippen molar-refractivity contribution in [2.24, 2.45) is 58.0 Å². The van der Waals surface area contributed by atoms with Gasteiger partial charge in [-0.05, 0) is 117 Å². The first-order chi connectivity index (χ1) is 15.7. The van der Waals surface area contributed by atoms with Gasteiger partial charge in [0.05, 0.1) is 12.2 Å². The summed E-state index contributed by atoms with van der Waals surface area (Å²) in [5, 5.41) is 9.30. The molecule has 4 fully saturated rings. The maximum Gasteiger partial charge on any atom is 0.303 e. The third-order valence-corrected chi connectivity index (χ3v) is 11.6. The van der Waals surface area contributed by atoms with Gasteiger partial charge >= 0.3 is 5.97 Å². The number of hydrogen-bond acceptors (Lipinski definition) is 3. The molecule has 3 unspecified atom stereocenters. The van der Waals surface area contributed by atoms with E-state index in [2.05, 4.69) is 33.8 Å². The fraction of sp³-hybridized carbons (Fsp3) is 0.897. The third kappa shape index (κ3) is 3.82. The number of hydrogen-bond donors (Lipinski definition) is 2. The molecule has 1 heterocycles. The molecule has 0 amide bonds. The lowest BCUT2D eigenvalue weighted by Crippen LogP contribution is -2.50. The highest BCUT2D eigenvalue weighted by Crippen LogP contribution is 2.69. The maximum absolute atomic E-state index is 11.3. The van der Waals surface area contributed by atoms with Crippen LogP contribution in [0.25, 0.3) is 0 Å². The summed E-state index contributed by atoms with van der Waals surface area (Å²) in [5.41, 5.74) is 8.18. The summed E-state index contributed by atoms with van der Waals surface area (Å²) in [4.78, 5) is 11.3. The van der Waals surface area contributed by atoms with Crippen LogP contribution in [0, 0.1) is 52.3 Å². The van der Waals surface area contributed by atoms with E-state index < -0.39 is 5.97 Å². The van der Waals surface area contributed by atoms with Gasteiger partial charge in [0.25, 0.3) is 0 Å². The molecular formula is C29H47NO3. The van der Waals surface area contributed by atoms with Crippen molar-refractivity contribution in [3.05, 3.63) is 11.6 Å². The number of carboxylic acid groups (broad SMARTS) is 1. The van der Waals surface area contributed by atoms with E-state index in [9.17, 15) is 9.90 Å². The molecule has 0 radical (unpaired) electrons. The van der Waals surface area contributed by atoms with Gasteiger partial charge in [0.15, 0.2) is 0 Å². The highest BCUT2D eigenvalue weighted by atomic mass is 16.5. The predicted molar refractivity (Wildman–Crippen MR) is 132 cm³/mol. The van der Waals surface area contributed by atoms with Gasteiger partial charge in [-0.1, -0.05) is 39.3 Å². The molecule has 0 aromatic carbocycles. The molecule has 4 heteroatoms. The normalized spacial score (nSPS) is 49.4. The first-order valence-electron chi connectivity index (χ1n) is 13.9. The Labute approximate surface area is 201 Å². The molecule has 4 aliphatic carbocycles. The Morgan fingerprint density at radius 2 is 2.06 bits per heavy atom. The number of aliphatic carboxylic acids is 1. The molecule has 3 saturated carbocycles. The van der Waals surface area contributed by atoms with Crippen molar-refractivity contribution in [2.45, 2.75) is 104 Å². The van der Waals surface area contributed by atoms with Gasteiger partial charge in [-0.25, -0.2) is 0 Å². The summed E-state index contributed by atoms with van der Waals surface area (Å²) in [7, 11) is 0. The van der Waals surface area contributed by atoms with Crippen molar-refractivity contribution in [1.82, 2.24) is 0 Å². The van der Waals surface area contributed by atoms with Gasteiger partial charge in [0.1, 0.15) is 0 Å². The minimum Gasteiger partial charge on any atom is -0.481 e. The summed E-state index contributed by atoms with van der Waals surface area (Å²) < 4.78 is 6.80. The highest BCUT2D eigenvalue weighted by molar-refractivity contribution is 5.67. The van der Waals surface area contributed by atoms with Gasteiger partial charge in [0, 0.05) is 6.42 Å². The summed E-state index contributed by atoms with van der Waals surface area (Å²) in [6.07, 6.45) is 14.6. The van der Waals surface area contributed by atoms with E-state index in [1.807, 2.05) is 0 Å². The van der Waals surface area contributed by atoms with Crippen LogP contribution in [0.5, 0.6) is 0 Å². The molecule has 3 N–H and O–H groups in total. The molecule has 11 atom stereocenters. The summed E-state index contributed by atoms with van der Waals surface area (Å²) in [5.74, 6) is 4.01. The van der Waals surface area contributed by atoms with Crippen LogP contribution < -0.4 is 5.73 Å². The minimum absolute atomic E-state index is 0.296. The molecule has 1 saturated heterocycles. The number of allylic oxidation sites excluding steroid dienone is 2. The van der Waals surface area contributed by atoms with Gasteiger partial charge in [0.2, 0.25) is 0 Å². The van der Waals surface area contributed by atoms with Crippen LogP contribution in [0.4, 0.5) is 0 Å². The van der Waals surface area contributed by atoms with E-state index in [1.165, 1.54) is 44.9 Å². The predicted octanol–water partition coefficient (Wildman–Crippen LogP) is 6.04.